The van der Waals surface area contributed by atoms with Gasteiger partial charge in [-0.25, -0.2) is 0 Å². The molecule has 23 heavy (non-hydrogen) atoms. The van der Waals surface area contributed by atoms with E-state index in [2.05, 4.69) is 18.9 Å². The molecule has 0 aromatic carbocycles. The normalized spacial score (nSPS) is 14.9. The first-order valence-electron chi connectivity index (χ1n) is 8.88. The van der Waals surface area contributed by atoms with Crippen LogP contribution >= 0.6 is 0 Å². The molecule has 0 aliphatic rings. The van der Waals surface area contributed by atoms with Gasteiger partial charge in [-0.3, -0.25) is 4.68 Å². The van der Waals surface area contributed by atoms with Crippen molar-refractivity contribution in [2.45, 2.75) is 97.2 Å². The molecule has 2 nitrogen and oxygen atoms in total. The highest BCUT2D eigenvalue weighted by Crippen LogP contribution is 2.38. The van der Waals surface area contributed by atoms with Gasteiger partial charge in [-0.15, -0.1) is 0 Å². The minimum atomic E-state index is -4.35. The maximum absolute atomic E-state index is 13.4. The molecule has 0 radical (unpaired) electrons. The number of alkyl halides is 3. The zero-order chi connectivity index (χ0) is 17.5. The van der Waals surface area contributed by atoms with Crippen LogP contribution in [0.5, 0.6) is 0 Å². The highest BCUT2D eigenvalue weighted by atomic mass is 19.4. The fourth-order valence-electron chi connectivity index (χ4n) is 3.19. The Bertz CT molecular complexity index is 465. The second-order valence-corrected chi connectivity index (χ2v) is 6.85. The second-order valence-electron chi connectivity index (χ2n) is 6.85. The van der Waals surface area contributed by atoms with Gasteiger partial charge in [0, 0.05) is 0 Å². The third-order valence-corrected chi connectivity index (χ3v) is 4.62. The number of rotatable bonds is 10. The van der Waals surface area contributed by atoms with E-state index in [4.69, 9.17) is 0 Å². The Hall–Kier alpha value is -1.00. The van der Waals surface area contributed by atoms with Crippen LogP contribution in [0.1, 0.15) is 89.8 Å². The van der Waals surface area contributed by atoms with Crippen LogP contribution < -0.4 is 0 Å². The lowest BCUT2D eigenvalue weighted by Crippen LogP contribution is -2.35. The highest BCUT2D eigenvalue weighted by molar-refractivity contribution is 5.20. The lowest BCUT2D eigenvalue weighted by molar-refractivity contribution is -0.147. The van der Waals surface area contributed by atoms with Gasteiger partial charge in [0.1, 0.15) is 5.69 Å². The summed E-state index contributed by atoms with van der Waals surface area (Å²) < 4.78 is 41.5. The number of aromatic nitrogens is 2. The van der Waals surface area contributed by atoms with Gasteiger partial charge < -0.3 is 0 Å². The Morgan fingerprint density at radius 2 is 1.52 bits per heavy atom. The summed E-state index contributed by atoms with van der Waals surface area (Å²) in [5.41, 5.74) is -0.919. The van der Waals surface area contributed by atoms with E-state index >= 15 is 0 Å². The van der Waals surface area contributed by atoms with Crippen LogP contribution in [-0.2, 0) is 11.7 Å². The summed E-state index contributed by atoms with van der Waals surface area (Å²) in [6.45, 7) is 7.66. The average Bonchev–Trinajstić information content (AvgIpc) is 2.87. The van der Waals surface area contributed by atoms with Crippen LogP contribution in [0.15, 0.2) is 6.20 Å². The standard InChI is InChI=1S/C18H31F3N2/c1-5-7-9-10-11-13-17(4,12-8-6-2)23-16(18(19,20)21)15(3)14-22-23/h14H,5-13H2,1-4H3. The quantitative estimate of drug-likeness (QED) is 0.449. The molecule has 0 aliphatic heterocycles. The summed E-state index contributed by atoms with van der Waals surface area (Å²) >= 11 is 0. The van der Waals surface area contributed by atoms with E-state index in [-0.39, 0.29) is 5.56 Å². The van der Waals surface area contributed by atoms with Gasteiger partial charge in [0.25, 0.3) is 0 Å². The molecule has 0 bridgehead atoms. The second kappa shape index (κ2) is 8.74. The molecule has 1 aromatic rings. The van der Waals surface area contributed by atoms with Crippen LogP contribution in [0.25, 0.3) is 0 Å². The van der Waals surface area contributed by atoms with Gasteiger partial charge in [-0.1, -0.05) is 58.8 Å². The first-order valence-corrected chi connectivity index (χ1v) is 8.88. The molecule has 1 heterocycles. The molecule has 1 rings (SSSR count). The predicted octanol–water partition coefficient (Wildman–Crippen LogP) is 6.48. The first-order chi connectivity index (χ1) is 10.8. The number of unbranched alkanes of at least 4 members (excludes halogenated alkanes) is 5. The predicted molar refractivity (Wildman–Crippen MR) is 88.5 cm³/mol. The molecular weight excluding hydrogens is 301 g/mol. The summed E-state index contributed by atoms with van der Waals surface area (Å²) in [6.07, 6.45) is 5.94. The zero-order valence-corrected chi connectivity index (χ0v) is 15.0. The summed E-state index contributed by atoms with van der Waals surface area (Å²) in [5.74, 6) is 0. The molecule has 0 spiro atoms. The first kappa shape index (κ1) is 20.0. The molecule has 0 saturated heterocycles. The van der Waals surface area contributed by atoms with Crippen molar-refractivity contribution >= 4 is 0 Å². The van der Waals surface area contributed by atoms with E-state index in [0.717, 1.165) is 44.9 Å². The van der Waals surface area contributed by atoms with E-state index in [1.807, 2.05) is 6.92 Å². The lowest BCUT2D eigenvalue weighted by atomic mass is 9.88. The van der Waals surface area contributed by atoms with Crippen molar-refractivity contribution in [3.05, 3.63) is 17.5 Å². The van der Waals surface area contributed by atoms with Crippen LogP contribution in [0.4, 0.5) is 13.2 Å². The third-order valence-electron chi connectivity index (χ3n) is 4.62. The van der Waals surface area contributed by atoms with E-state index in [1.165, 1.54) is 30.6 Å². The maximum Gasteiger partial charge on any atom is 0.433 e. The highest BCUT2D eigenvalue weighted by Gasteiger charge is 2.41. The van der Waals surface area contributed by atoms with Crippen molar-refractivity contribution < 1.29 is 13.2 Å². The molecule has 0 amide bonds. The largest absolute Gasteiger partial charge is 0.433 e. The molecule has 134 valence electrons. The van der Waals surface area contributed by atoms with Crippen LogP contribution in [-0.4, -0.2) is 9.78 Å². The van der Waals surface area contributed by atoms with Crippen LogP contribution in [0, 0.1) is 6.92 Å². The Kier molecular flexibility index (Phi) is 7.62. The Morgan fingerprint density at radius 1 is 0.957 bits per heavy atom. The molecule has 1 unspecified atom stereocenters. The van der Waals surface area contributed by atoms with Gasteiger partial charge in [0.15, 0.2) is 0 Å². The zero-order valence-electron chi connectivity index (χ0n) is 15.0. The summed E-state index contributed by atoms with van der Waals surface area (Å²) in [7, 11) is 0. The van der Waals surface area contributed by atoms with Gasteiger partial charge in [-0.2, -0.15) is 18.3 Å². The van der Waals surface area contributed by atoms with Gasteiger partial charge in [0.2, 0.25) is 0 Å². The summed E-state index contributed by atoms with van der Waals surface area (Å²) in [4.78, 5) is 0. The van der Waals surface area contributed by atoms with E-state index < -0.39 is 17.4 Å². The van der Waals surface area contributed by atoms with E-state index in [9.17, 15) is 13.2 Å². The molecule has 1 aromatic heterocycles. The van der Waals surface area contributed by atoms with E-state index in [0.29, 0.717) is 0 Å². The Balaban J connectivity index is 2.97. The topological polar surface area (TPSA) is 17.8 Å². The van der Waals surface area contributed by atoms with Crippen molar-refractivity contribution in [1.29, 1.82) is 0 Å². The average molecular weight is 332 g/mol. The maximum atomic E-state index is 13.4. The molecule has 1 atom stereocenters. The fraction of sp³-hybridized carbons (Fsp3) is 0.833. The number of aryl methyl sites for hydroxylation is 1. The fourth-order valence-corrected chi connectivity index (χ4v) is 3.19. The Morgan fingerprint density at radius 3 is 2.09 bits per heavy atom. The molecule has 0 fully saturated rings. The van der Waals surface area contributed by atoms with Gasteiger partial charge in [-0.05, 0) is 32.3 Å². The lowest BCUT2D eigenvalue weighted by Gasteiger charge is -2.33. The monoisotopic (exact) mass is 332 g/mol. The number of hydrogen-bond donors (Lipinski definition) is 0. The number of nitrogens with zero attached hydrogens (tertiary/aromatic N) is 2. The molecule has 5 heteroatoms. The van der Waals surface area contributed by atoms with Crippen LogP contribution in [0.2, 0.25) is 0 Å². The van der Waals surface area contributed by atoms with Crippen molar-refractivity contribution in [3.8, 4) is 0 Å². The van der Waals surface area contributed by atoms with Crippen LogP contribution in [0.3, 0.4) is 0 Å². The molecule has 0 N–H and O–H groups in total. The molecule has 0 aliphatic carbocycles. The molecular formula is C18H31F3N2. The SMILES string of the molecule is CCCCCCCC(C)(CCCC)n1ncc(C)c1C(F)(F)F. The minimum Gasteiger partial charge on any atom is -0.254 e. The molecule has 0 saturated carbocycles. The smallest absolute Gasteiger partial charge is 0.254 e. The number of halogens is 3. The van der Waals surface area contributed by atoms with Crippen molar-refractivity contribution in [2.75, 3.05) is 0 Å². The number of hydrogen-bond acceptors (Lipinski definition) is 1. The van der Waals surface area contributed by atoms with Gasteiger partial charge in [0.05, 0.1) is 11.7 Å². The van der Waals surface area contributed by atoms with Crippen molar-refractivity contribution in [1.82, 2.24) is 9.78 Å². The third kappa shape index (κ3) is 5.54. The minimum absolute atomic E-state index is 0.214. The summed E-state index contributed by atoms with van der Waals surface area (Å²) in [6, 6.07) is 0. The van der Waals surface area contributed by atoms with Gasteiger partial charge >= 0.3 is 6.18 Å². The Labute approximate surface area is 138 Å². The van der Waals surface area contributed by atoms with Crippen molar-refractivity contribution in [2.24, 2.45) is 0 Å². The summed E-state index contributed by atoms with van der Waals surface area (Å²) in [5, 5.41) is 4.12. The van der Waals surface area contributed by atoms with E-state index in [1.54, 1.807) is 0 Å². The van der Waals surface area contributed by atoms with Crippen molar-refractivity contribution in [3.63, 3.8) is 0 Å².